The van der Waals surface area contributed by atoms with Gasteiger partial charge in [0.05, 0.1) is 17.3 Å². The van der Waals surface area contributed by atoms with Gasteiger partial charge >= 0.3 is 5.97 Å². The molecule has 0 fully saturated rings. The minimum Gasteiger partial charge on any atom is -0.461 e. The van der Waals surface area contributed by atoms with Crippen LogP contribution in [0.5, 0.6) is 0 Å². The second-order valence-electron chi connectivity index (χ2n) is 3.48. The molecule has 1 N–H and O–H groups in total. The Labute approximate surface area is 113 Å². The van der Waals surface area contributed by atoms with Crippen LogP contribution in [0, 0.1) is 5.82 Å². The van der Waals surface area contributed by atoms with Gasteiger partial charge in [0.1, 0.15) is 6.26 Å². The summed E-state index contributed by atoms with van der Waals surface area (Å²) in [7, 11) is 0. The Morgan fingerprint density at radius 2 is 2.37 bits per heavy atom. The molecule has 0 aliphatic carbocycles. The van der Waals surface area contributed by atoms with Gasteiger partial charge in [-0.25, -0.2) is 9.18 Å². The van der Waals surface area contributed by atoms with Gasteiger partial charge in [-0.1, -0.05) is 17.7 Å². The number of rotatable bonds is 4. The summed E-state index contributed by atoms with van der Waals surface area (Å²) in [4.78, 5) is 15.2. The highest BCUT2D eigenvalue weighted by atomic mass is 35.5. The predicted octanol–water partition coefficient (Wildman–Crippen LogP) is 3.39. The maximum atomic E-state index is 13.6. The zero-order valence-electron chi connectivity index (χ0n) is 9.94. The van der Waals surface area contributed by atoms with E-state index < -0.39 is 11.8 Å². The Kier molecular flexibility index (Phi) is 4.01. The van der Waals surface area contributed by atoms with Crippen molar-refractivity contribution < 1.29 is 18.3 Å². The van der Waals surface area contributed by atoms with E-state index in [0.717, 1.165) is 6.26 Å². The van der Waals surface area contributed by atoms with Crippen molar-refractivity contribution in [2.75, 3.05) is 11.9 Å². The molecule has 0 aliphatic rings. The van der Waals surface area contributed by atoms with Crippen LogP contribution in [0.2, 0.25) is 5.02 Å². The van der Waals surface area contributed by atoms with Crippen LogP contribution < -0.4 is 5.32 Å². The van der Waals surface area contributed by atoms with Crippen molar-refractivity contribution >= 4 is 29.3 Å². The summed E-state index contributed by atoms with van der Waals surface area (Å²) in [5.74, 6) is -1.23. The molecule has 0 saturated carbocycles. The number of esters is 1. The number of nitrogens with zero attached hydrogens (tertiary/aromatic N) is 1. The van der Waals surface area contributed by atoms with E-state index in [1.807, 2.05) is 0 Å². The van der Waals surface area contributed by atoms with E-state index in [2.05, 4.69) is 10.3 Å². The first-order valence-electron chi connectivity index (χ1n) is 5.45. The number of hydrogen-bond acceptors (Lipinski definition) is 5. The molecule has 19 heavy (non-hydrogen) atoms. The molecule has 7 heteroatoms. The lowest BCUT2D eigenvalue weighted by molar-refractivity contribution is 0.0519. The number of halogens is 2. The van der Waals surface area contributed by atoms with Crippen LogP contribution in [0.15, 0.2) is 28.9 Å². The van der Waals surface area contributed by atoms with Crippen molar-refractivity contribution in [3.63, 3.8) is 0 Å². The minimum atomic E-state index is -0.625. The third-order valence-corrected chi connectivity index (χ3v) is 2.47. The number of carbonyl (C=O) groups is 1. The Bertz CT molecular complexity index is 600. The molecule has 1 heterocycles. The molecule has 0 amide bonds. The third kappa shape index (κ3) is 3.03. The lowest BCUT2D eigenvalue weighted by Crippen LogP contribution is -2.05. The van der Waals surface area contributed by atoms with Crippen LogP contribution in [-0.4, -0.2) is 17.6 Å². The van der Waals surface area contributed by atoms with E-state index in [1.165, 1.54) is 12.1 Å². The minimum absolute atomic E-state index is 0.00628. The lowest BCUT2D eigenvalue weighted by atomic mass is 10.3. The second kappa shape index (κ2) is 5.71. The summed E-state index contributed by atoms with van der Waals surface area (Å²) in [6.45, 7) is 1.91. The van der Waals surface area contributed by atoms with E-state index >= 15 is 0 Å². The molecule has 0 bridgehead atoms. The zero-order chi connectivity index (χ0) is 13.8. The number of ether oxygens (including phenoxy) is 1. The normalized spacial score (nSPS) is 10.3. The smallest absolute Gasteiger partial charge is 0.360 e. The first kappa shape index (κ1) is 13.4. The van der Waals surface area contributed by atoms with Crippen molar-refractivity contribution in [2.24, 2.45) is 0 Å². The van der Waals surface area contributed by atoms with Gasteiger partial charge in [-0.05, 0) is 19.1 Å². The second-order valence-corrected chi connectivity index (χ2v) is 3.89. The highest BCUT2D eigenvalue weighted by Crippen LogP contribution is 2.25. The number of carbonyl (C=O) groups excluding carboxylic acids is 1. The molecule has 100 valence electrons. The van der Waals surface area contributed by atoms with Crippen LogP contribution in [0.3, 0.4) is 0 Å². The number of hydrogen-bond donors (Lipinski definition) is 1. The highest BCUT2D eigenvalue weighted by Gasteiger charge is 2.14. The maximum absolute atomic E-state index is 13.6. The van der Waals surface area contributed by atoms with Crippen LogP contribution in [-0.2, 0) is 4.74 Å². The van der Waals surface area contributed by atoms with Crippen molar-refractivity contribution in [1.82, 2.24) is 4.98 Å². The lowest BCUT2D eigenvalue weighted by Gasteiger charge is -2.03. The monoisotopic (exact) mass is 284 g/mol. The number of benzene rings is 1. The topological polar surface area (TPSA) is 64.4 Å². The summed E-state index contributed by atoms with van der Waals surface area (Å²) < 4.78 is 23.4. The fourth-order valence-corrected chi connectivity index (χ4v) is 1.52. The maximum Gasteiger partial charge on any atom is 0.360 e. The molecule has 0 atom stereocenters. The van der Waals surface area contributed by atoms with E-state index in [-0.39, 0.29) is 29.0 Å². The van der Waals surface area contributed by atoms with E-state index in [9.17, 15) is 9.18 Å². The summed E-state index contributed by atoms with van der Waals surface area (Å²) in [6.07, 6.45) is 1.13. The molecule has 0 unspecified atom stereocenters. The van der Waals surface area contributed by atoms with Crippen LogP contribution in [0.4, 0.5) is 16.1 Å². The molecule has 0 saturated heterocycles. The number of aromatic nitrogens is 1. The molecule has 2 rings (SSSR count). The van der Waals surface area contributed by atoms with Crippen molar-refractivity contribution in [1.29, 1.82) is 0 Å². The number of nitrogens with one attached hydrogen (secondary N) is 1. The Balaban J connectivity index is 2.16. The average molecular weight is 285 g/mol. The Hall–Kier alpha value is -2.08. The van der Waals surface area contributed by atoms with E-state index in [0.29, 0.717) is 0 Å². The standard InChI is InChI=1S/C12H10ClFN2O3/c1-2-18-11(17)9-6-19-12(16-9)15-8-5-3-4-7(13)10(8)14/h3-6H,2H2,1H3,(H,15,16). The van der Waals surface area contributed by atoms with Gasteiger partial charge in [0.25, 0.3) is 6.01 Å². The summed E-state index contributed by atoms with van der Waals surface area (Å²) >= 11 is 5.64. The molecular weight excluding hydrogens is 275 g/mol. The van der Waals surface area contributed by atoms with Gasteiger partial charge in [0, 0.05) is 0 Å². The summed E-state index contributed by atoms with van der Waals surface area (Å²) in [5.41, 5.74) is 0.108. The van der Waals surface area contributed by atoms with Gasteiger partial charge in [-0.15, -0.1) is 0 Å². The average Bonchev–Trinajstić information content (AvgIpc) is 2.84. The molecule has 1 aromatic carbocycles. The summed E-state index contributed by atoms with van der Waals surface area (Å²) in [5, 5.41) is 2.56. The van der Waals surface area contributed by atoms with Gasteiger partial charge in [0.15, 0.2) is 11.5 Å². The van der Waals surface area contributed by atoms with Crippen LogP contribution >= 0.6 is 11.6 Å². The quantitative estimate of drug-likeness (QED) is 0.872. The SMILES string of the molecule is CCOC(=O)c1coc(Nc2cccc(Cl)c2F)n1. The van der Waals surface area contributed by atoms with Crippen molar-refractivity contribution in [3.05, 3.63) is 41.0 Å². The predicted molar refractivity (Wildman–Crippen MR) is 67.2 cm³/mol. The van der Waals surface area contributed by atoms with Crippen molar-refractivity contribution in [2.45, 2.75) is 6.92 Å². The van der Waals surface area contributed by atoms with Gasteiger partial charge < -0.3 is 14.5 Å². The Morgan fingerprint density at radius 1 is 1.58 bits per heavy atom. The molecule has 0 radical (unpaired) electrons. The molecule has 1 aromatic heterocycles. The largest absolute Gasteiger partial charge is 0.461 e. The first-order chi connectivity index (χ1) is 9.11. The first-order valence-corrected chi connectivity index (χ1v) is 5.83. The summed E-state index contributed by atoms with van der Waals surface area (Å²) in [6, 6.07) is 4.43. The van der Waals surface area contributed by atoms with Gasteiger partial charge in [-0.2, -0.15) is 4.98 Å². The zero-order valence-corrected chi connectivity index (χ0v) is 10.7. The molecule has 5 nitrogen and oxygen atoms in total. The molecule has 0 aliphatic heterocycles. The van der Waals surface area contributed by atoms with E-state index in [4.69, 9.17) is 20.8 Å². The number of anilines is 2. The van der Waals surface area contributed by atoms with Gasteiger partial charge in [0.2, 0.25) is 0 Å². The van der Waals surface area contributed by atoms with Gasteiger partial charge in [-0.3, -0.25) is 0 Å². The molecule has 0 spiro atoms. The molecule has 2 aromatic rings. The fourth-order valence-electron chi connectivity index (χ4n) is 1.35. The van der Waals surface area contributed by atoms with Crippen LogP contribution in [0.1, 0.15) is 17.4 Å². The van der Waals surface area contributed by atoms with Crippen LogP contribution in [0.25, 0.3) is 0 Å². The Morgan fingerprint density at radius 3 is 3.11 bits per heavy atom. The highest BCUT2D eigenvalue weighted by molar-refractivity contribution is 6.31. The number of oxazole rings is 1. The van der Waals surface area contributed by atoms with Crippen molar-refractivity contribution in [3.8, 4) is 0 Å². The fraction of sp³-hybridized carbons (Fsp3) is 0.167. The molecular formula is C12H10ClFN2O3. The van der Waals surface area contributed by atoms with E-state index in [1.54, 1.807) is 13.0 Å². The third-order valence-electron chi connectivity index (χ3n) is 2.18.